The Morgan fingerprint density at radius 2 is 1.89 bits per heavy atom. The Bertz CT molecular complexity index is 666. The number of nitrogens with one attached hydrogen (secondary N) is 1. The van der Waals surface area contributed by atoms with E-state index in [-0.39, 0.29) is 29.7 Å². The molecule has 2 saturated heterocycles. The lowest BCUT2D eigenvalue weighted by atomic mass is 10.0. The molecule has 2 aliphatic heterocycles. The van der Waals surface area contributed by atoms with Gasteiger partial charge in [0.15, 0.2) is 0 Å². The van der Waals surface area contributed by atoms with Crippen molar-refractivity contribution in [1.82, 2.24) is 10.2 Å². The molecule has 1 aromatic rings. The highest BCUT2D eigenvalue weighted by Gasteiger charge is 2.36. The van der Waals surface area contributed by atoms with Gasteiger partial charge in [-0.2, -0.15) is 0 Å². The van der Waals surface area contributed by atoms with E-state index in [1.165, 1.54) is 5.56 Å². The van der Waals surface area contributed by atoms with Crippen molar-refractivity contribution in [2.75, 3.05) is 44.3 Å². The summed E-state index contributed by atoms with van der Waals surface area (Å²) in [7, 11) is 0. The van der Waals surface area contributed by atoms with Crippen LogP contribution in [0.15, 0.2) is 24.3 Å². The Labute approximate surface area is 161 Å². The molecule has 1 aromatic carbocycles. The molecule has 0 radical (unpaired) electrons. The highest BCUT2D eigenvalue weighted by atomic mass is 16.5. The number of hydrogen-bond donors (Lipinski definition) is 1. The van der Waals surface area contributed by atoms with Crippen molar-refractivity contribution >= 4 is 17.5 Å². The van der Waals surface area contributed by atoms with Gasteiger partial charge >= 0.3 is 0 Å². The van der Waals surface area contributed by atoms with Gasteiger partial charge in [0.2, 0.25) is 11.8 Å². The van der Waals surface area contributed by atoms with E-state index < -0.39 is 0 Å². The van der Waals surface area contributed by atoms with Crippen LogP contribution in [0.2, 0.25) is 0 Å². The molecule has 2 fully saturated rings. The molecule has 2 aliphatic rings. The van der Waals surface area contributed by atoms with E-state index in [4.69, 9.17) is 4.74 Å². The third-order valence-corrected chi connectivity index (χ3v) is 5.71. The first kappa shape index (κ1) is 19.8. The molecule has 0 aliphatic carbocycles. The van der Waals surface area contributed by atoms with Crippen LogP contribution in [0.4, 0.5) is 5.69 Å². The molecule has 3 rings (SSSR count). The fourth-order valence-electron chi connectivity index (χ4n) is 3.77. The molecule has 2 amide bonds. The largest absolute Gasteiger partial charge is 0.379 e. The summed E-state index contributed by atoms with van der Waals surface area (Å²) in [5, 5.41) is 3.07. The summed E-state index contributed by atoms with van der Waals surface area (Å²) >= 11 is 0. The predicted molar refractivity (Wildman–Crippen MR) is 106 cm³/mol. The second kappa shape index (κ2) is 8.40. The average Bonchev–Trinajstić information content (AvgIpc) is 3.08. The minimum absolute atomic E-state index is 0.0202. The smallest absolute Gasteiger partial charge is 0.227 e. The maximum absolute atomic E-state index is 12.7. The van der Waals surface area contributed by atoms with Crippen LogP contribution in [0.5, 0.6) is 0 Å². The number of morpholine rings is 1. The van der Waals surface area contributed by atoms with Crippen LogP contribution in [0, 0.1) is 5.92 Å². The number of benzene rings is 1. The van der Waals surface area contributed by atoms with Gasteiger partial charge in [0, 0.05) is 43.8 Å². The fourth-order valence-corrected chi connectivity index (χ4v) is 3.77. The predicted octanol–water partition coefficient (Wildman–Crippen LogP) is 1.83. The maximum atomic E-state index is 12.7. The van der Waals surface area contributed by atoms with Gasteiger partial charge in [-0.1, -0.05) is 19.1 Å². The van der Waals surface area contributed by atoms with Crippen LogP contribution in [0.25, 0.3) is 0 Å². The highest BCUT2D eigenvalue weighted by Crippen LogP contribution is 2.26. The highest BCUT2D eigenvalue weighted by molar-refractivity contribution is 6.00. The van der Waals surface area contributed by atoms with Crippen molar-refractivity contribution in [3.63, 3.8) is 0 Å². The normalized spacial score (nSPS) is 21.5. The van der Waals surface area contributed by atoms with Gasteiger partial charge in [0.1, 0.15) is 0 Å². The van der Waals surface area contributed by atoms with Crippen molar-refractivity contribution < 1.29 is 14.3 Å². The number of carbonyl (C=O) groups excluding carboxylic acids is 2. The van der Waals surface area contributed by atoms with E-state index in [0.717, 1.165) is 38.4 Å². The molecule has 148 valence electrons. The van der Waals surface area contributed by atoms with Gasteiger partial charge in [0.25, 0.3) is 0 Å². The fraction of sp³-hybridized carbons (Fsp3) is 0.619. The van der Waals surface area contributed by atoms with Gasteiger partial charge < -0.3 is 15.0 Å². The Morgan fingerprint density at radius 3 is 2.52 bits per heavy atom. The standard InChI is InChI=1S/C21H31N3O3/c1-4-16-5-7-18(8-6-16)24-14-17(13-19(24)25)20(26)22-15-21(2,3)23-9-11-27-12-10-23/h5-8,17H,4,9-15H2,1-3H3,(H,22,26)/t17-/m1/s1. The monoisotopic (exact) mass is 373 g/mol. The zero-order valence-electron chi connectivity index (χ0n) is 16.7. The van der Waals surface area contributed by atoms with Gasteiger partial charge in [-0.15, -0.1) is 0 Å². The molecule has 1 N–H and O–H groups in total. The van der Waals surface area contributed by atoms with Crippen molar-refractivity contribution in [3.05, 3.63) is 29.8 Å². The molecule has 0 bridgehead atoms. The molecular weight excluding hydrogens is 342 g/mol. The summed E-state index contributed by atoms with van der Waals surface area (Å²) in [5.41, 5.74) is 1.99. The quantitative estimate of drug-likeness (QED) is 0.826. The van der Waals surface area contributed by atoms with Crippen molar-refractivity contribution in [3.8, 4) is 0 Å². The van der Waals surface area contributed by atoms with Gasteiger partial charge in [-0.3, -0.25) is 14.5 Å². The second-order valence-corrected chi connectivity index (χ2v) is 8.06. The zero-order valence-corrected chi connectivity index (χ0v) is 16.7. The lowest BCUT2D eigenvalue weighted by Gasteiger charge is -2.41. The van der Waals surface area contributed by atoms with Crippen LogP contribution in [-0.2, 0) is 20.7 Å². The lowest BCUT2D eigenvalue weighted by Crippen LogP contribution is -2.55. The van der Waals surface area contributed by atoms with Crippen molar-refractivity contribution in [2.24, 2.45) is 5.92 Å². The first-order valence-electron chi connectivity index (χ1n) is 9.90. The van der Waals surface area contributed by atoms with Crippen LogP contribution >= 0.6 is 0 Å². The first-order chi connectivity index (χ1) is 12.9. The zero-order chi connectivity index (χ0) is 19.4. The lowest BCUT2D eigenvalue weighted by molar-refractivity contribution is -0.127. The molecule has 0 unspecified atom stereocenters. The van der Waals surface area contributed by atoms with Crippen LogP contribution in [0.1, 0.15) is 32.8 Å². The minimum Gasteiger partial charge on any atom is -0.379 e. The maximum Gasteiger partial charge on any atom is 0.227 e. The van der Waals surface area contributed by atoms with Crippen molar-refractivity contribution in [1.29, 1.82) is 0 Å². The molecule has 6 nitrogen and oxygen atoms in total. The minimum atomic E-state index is -0.288. The number of carbonyl (C=O) groups is 2. The van der Waals surface area contributed by atoms with E-state index in [1.807, 2.05) is 24.3 Å². The van der Waals surface area contributed by atoms with E-state index in [1.54, 1.807) is 4.90 Å². The number of ether oxygens (including phenoxy) is 1. The van der Waals surface area contributed by atoms with E-state index in [2.05, 4.69) is 31.0 Å². The van der Waals surface area contributed by atoms with Crippen LogP contribution in [0.3, 0.4) is 0 Å². The van der Waals surface area contributed by atoms with Gasteiger partial charge in [-0.25, -0.2) is 0 Å². The summed E-state index contributed by atoms with van der Waals surface area (Å²) in [6, 6.07) is 8.03. The van der Waals surface area contributed by atoms with Crippen LogP contribution in [-0.4, -0.2) is 61.6 Å². The van der Waals surface area contributed by atoms with Gasteiger partial charge in [0.05, 0.1) is 19.1 Å². The van der Waals surface area contributed by atoms with E-state index >= 15 is 0 Å². The molecule has 0 aromatic heterocycles. The number of amides is 2. The Kier molecular flexibility index (Phi) is 6.17. The summed E-state index contributed by atoms with van der Waals surface area (Å²) in [5.74, 6) is -0.298. The molecule has 2 heterocycles. The van der Waals surface area contributed by atoms with Crippen molar-refractivity contribution in [2.45, 2.75) is 39.2 Å². The van der Waals surface area contributed by atoms with Gasteiger partial charge in [-0.05, 0) is 38.0 Å². The second-order valence-electron chi connectivity index (χ2n) is 8.06. The van der Waals surface area contributed by atoms with E-state index in [9.17, 15) is 9.59 Å². The Hall–Kier alpha value is -1.92. The molecular formula is C21H31N3O3. The van der Waals surface area contributed by atoms with Crippen LogP contribution < -0.4 is 10.2 Å². The summed E-state index contributed by atoms with van der Waals surface area (Å²) < 4.78 is 5.41. The average molecular weight is 373 g/mol. The summed E-state index contributed by atoms with van der Waals surface area (Å²) in [6.07, 6.45) is 1.25. The Morgan fingerprint density at radius 1 is 1.22 bits per heavy atom. The third kappa shape index (κ3) is 4.68. The summed E-state index contributed by atoms with van der Waals surface area (Å²) in [4.78, 5) is 29.2. The molecule has 0 spiro atoms. The number of hydrogen-bond acceptors (Lipinski definition) is 4. The van der Waals surface area contributed by atoms with E-state index in [0.29, 0.717) is 13.1 Å². The molecule has 0 saturated carbocycles. The topological polar surface area (TPSA) is 61.9 Å². The first-order valence-corrected chi connectivity index (χ1v) is 9.90. The molecule has 1 atom stereocenters. The third-order valence-electron chi connectivity index (χ3n) is 5.71. The number of aryl methyl sites for hydroxylation is 1. The SMILES string of the molecule is CCc1ccc(N2C[C@H](C(=O)NCC(C)(C)N3CCOCC3)CC2=O)cc1. The summed E-state index contributed by atoms with van der Waals surface area (Å²) in [6.45, 7) is 10.6. The number of anilines is 1. The number of nitrogens with zero attached hydrogens (tertiary/aromatic N) is 2. The Balaban J connectivity index is 1.55. The molecule has 27 heavy (non-hydrogen) atoms. The number of rotatable bonds is 6. The molecule has 6 heteroatoms.